The molecule has 0 aromatic heterocycles. The first-order valence-electron chi connectivity index (χ1n) is 9.48. The molecule has 1 N–H and O–H groups in total. The Morgan fingerprint density at radius 1 is 0.952 bits per heavy atom. The molecule has 3 unspecified atom stereocenters. The van der Waals surface area contributed by atoms with E-state index in [0.717, 1.165) is 24.5 Å². The molecule has 0 bridgehead atoms. The molecule has 0 spiro atoms. The Morgan fingerprint density at radius 2 is 1.71 bits per heavy atom. The molecule has 1 heterocycles. The summed E-state index contributed by atoms with van der Waals surface area (Å²) < 4.78 is 0. The van der Waals surface area contributed by atoms with Gasteiger partial charge >= 0.3 is 0 Å². The van der Waals surface area contributed by atoms with Crippen LogP contribution in [0.5, 0.6) is 0 Å². The van der Waals surface area contributed by atoms with Crippen LogP contribution >= 0.6 is 0 Å². The highest BCUT2D eigenvalue weighted by atomic mass is 15.3. The molecule has 1 aliphatic heterocycles. The highest BCUT2D eigenvalue weighted by molar-refractivity contribution is 4.92. The molecule has 1 aliphatic carbocycles. The number of hydrogen-bond donors (Lipinski definition) is 1. The third-order valence-electron chi connectivity index (χ3n) is 5.50. The Kier molecular flexibility index (Phi) is 7.48. The van der Waals surface area contributed by atoms with Crippen LogP contribution in [0.15, 0.2) is 0 Å². The van der Waals surface area contributed by atoms with Crippen molar-refractivity contribution in [1.29, 1.82) is 0 Å². The zero-order valence-electron chi connectivity index (χ0n) is 14.6. The maximum Gasteiger partial charge on any atom is 0.0253 e. The lowest BCUT2D eigenvalue weighted by atomic mass is 9.79. The minimum absolute atomic E-state index is 0.737. The maximum atomic E-state index is 3.78. The van der Waals surface area contributed by atoms with Crippen molar-refractivity contribution in [2.24, 2.45) is 5.92 Å². The Labute approximate surface area is 132 Å². The normalized spacial score (nSPS) is 32.4. The van der Waals surface area contributed by atoms with Gasteiger partial charge in [0.1, 0.15) is 0 Å². The minimum Gasteiger partial charge on any atom is -0.313 e. The maximum absolute atomic E-state index is 3.78. The number of piperazine rings is 1. The minimum atomic E-state index is 0.737. The van der Waals surface area contributed by atoms with Gasteiger partial charge in [-0.25, -0.2) is 0 Å². The summed E-state index contributed by atoms with van der Waals surface area (Å²) in [5.41, 5.74) is 0. The fourth-order valence-corrected chi connectivity index (χ4v) is 4.44. The molecule has 1 saturated carbocycles. The highest BCUT2D eigenvalue weighted by Crippen LogP contribution is 2.31. The molecule has 0 radical (unpaired) electrons. The van der Waals surface area contributed by atoms with Crippen molar-refractivity contribution in [3.05, 3.63) is 0 Å². The Balaban J connectivity index is 1.89. The van der Waals surface area contributed by atoms with E-state index in [1.54, 1.807) is 0 Å². The van der Waals surface area contributed by atoms with Crippen molar-refractivity contribution in [1.82, 2.24) is 15.1 Å². The summed E-state index contributed by atoms with van der Waals surface area (Å²) in [6.45, 7) is 14.4. The lowest BCUT2D eigenvalue weighted by Crippen LogP contribution is -2.58. The Bertz CT molecular complexity index is 274. The first-order chi connectivity index (χ1) is 10.3. The van der Waals surface area contributed by atoms with Crippen molar-refractivity contribution in [3.63, 3.8) is 0 Å². The van der Waals surface area contributed by atoms with E-state index < -0.39 is 0 Å². The van der Waals surface area contributed by atoms with Gasteiger partial charge in [0.2, 0.25) is 0 Å². The van der Waals surface area contributed by atoms with Crippen LogP contribution in [0, 0.1) is 5.92 Å². The van der Waals surface area contributed by atoms with E-state index in [1.165, 1.54) is 71.2 Å². The number of nitrogens with one attached hydrogen (secondary N) is 1. The van der Waals surface area contributed by atoms with Gasteiger partial charge in [-0.05, 0) is 44.7 Å². The number of hydrogen-bond acceptors (Lipinski definition) is 3. The Morgan fingerprint density at radius 3 is 2.33 bits per heavy atom. The third-order valence-corrected chi connectivity index (χ3v) is 5.50. The molecule has 2 fully saturated rings. The van der Waals surface area contributed by atoms with Crippen molar-refractivity contribution < 1.29 is 0 Å². The largest absolute Gasteiger partial charge is 0.313 e. The van der Waals surface area contributed by atoms with Crippen LogP contribution in [0.4, 0.5) is 0 Å². The average molecular weight is 296 g/mol. The molecule has 3 heteroatoms. The monoisotopic (exact) mass is 295 g/mol. The number of nitrogens with zero attached hydrogens (tertiary/aromatic N) is 2. The van der Waals surface area contributed by atoms with Crippen molar-refractivity contribution >= 4 is 0 Å². The lowest BCUT2D eigenvalue weighted by molar-refractivity contribution is 0.0468. The topological polar surface area (TPSA) is 18.5 Å². The first kappa shape index (κ1) is 17.2. The SMILES string of the molecule is CCCC1CCC(NCC)C(N2CCN(CCC)CC2)C1. The third kappa shape index (κ3) is 4.94. The summed E-state index contributed by atoms with van der Waals surface area (Å²) in [4.78, 5) is 5.45. The zero-order valence-corrected chi connectivity index (χ0v) is 14.6. The highest BCUT2D eigenvalue weighted by Gasteiger charge is 2.34. The van der Waals surface area contributed by atoms with Crippen molar-refractivity contribution in [2.75, 3.05) is 39.3 Å². The van der Waals surface area contributed by atoms with Gasteiger partial charge in [0.05, 0.1) is 0 Å². The predicted octanol–water partition coefficient (Wildman–Crippen LogP) is 2.96. The first-order valence-corrected chi connectivity index (χ1v) is 9.48. The molecular formula is C18H37N3. The van der Waals surface area contributed by atoms with E-state index in [9.17, 15) is 0 Å². The Hall–Kier alpha value is -0.120. The summed E-state index contributed by atoms with van der Waals surface area (Å²) in [6, 6.07) is 1.53. The molecule has 124 valence electrons. The van der Waals surface area contributed by atoms with E-state index in [4.69, 9.17) is 0 Å². The quantitative estimate of drug-likeness (QED) is 0.779. The van der Waals surface area contributed by atoms with Crippen molar-refractivity contribution in [2.45, 2.75) is 71.4 Å². The van der Waals surface area contributed by atoms with Crippen LogP contribution in [0.2, 0.25) is 0 Å². The van der Waals surface area contributed by atoms with Crippen molar-refractivity contribution in [3.8, 4) is 0 Å². The van der Waals surface area contributed by atoms with Crippen LogP contribution in [0.25, 0.3) is 0 Å². The summed E-state index contributed by atoms with van der Waals surface area (Å²) in [5.74, 6) is 0.976. The zero-order chi connectivity index (χ0) is 15.1. The molecular weight excluding hydrogens is 258 g/mol. The molecule has 2 rings (SSSR count). The molecule has 3 nitrogen and oxygen atoms in total. The van der Waals surface area contributed by atoms with Gasteiger partial charge in [-0.3, -0.25) is 4.90 Å². The average Bonchev–Trinajstić information content (AvgIpc) is 2.50. The smallest absolute Gasteiger partial charge is 0.0253 e. The van der Waals surface area contributed by atoms with Gasteiger partial charge in [-0.2, -0.15) is 0 Å². The molecule has 21 heavy (non-hydrogen) atoms. The summed E-state index contributed by atoms with van der Waals surface area (Å²) in [5, 5.41) is 3.78. The second kappa shape index (κ2) is 9.12. The summed E-state index contributed by atoms with van der Waals surface area (Å²) in [6.07, 6.45) is 8.34. The van der Waals surface area contributed by atoms with Gasteiger partial charge in [0.25, 0.3) is 0 Å². The standard InChI is InChI=1S/C18H37N3/c1-4-7-16-8-9-17(19-6-3)18(15-16)21-13-11-20(10-5-2)12-14-21/h16-19H,4-15H2,1-3H3. The van der Waals surface area contributed by atoms with E-state index in [0.29, 0.717) is 0 Å². The molecule has 2 aliphatic rings. The molecule has 1 saturated heterocycles. The van der Waals surface area contributed by atoms with Crippen LogP contribution in [0.1, 0.15) is 59.3 Å². The van der Waals surface area contributed by atoms with Gasteiger partial charge in [-0.1, -0.05) is 33.6 Å². The molecule has 0 aromatic rings. The fraction of sp³-hybridized carbons (Fsp3) is 1.00. The molecule has 0 amide bonds. The molecule has 0 aromatic carbocycles. The van der Waals surface area contributed by atoms with Crippen LogP contribution in [-0.2, 0) is 0 Å². The summed E-state index contributed by atoms with van der Waals surface area (Å²) >= 11 is 0. The molecule has 3 atom stereocenters. The fourth-order valence-electron chi connectivity index (χ4n) is 4.44. The van der Waals surface area contributed by atoms with Crippen LogP contribution in [-0.4, -0.2) is 61.2 Å². The van der Waals surface area contributed by atoms with Gasteiger partial charge in [-0.15, -0.1) is 0 Å². The van der Waals surface area contributed by atoms with E-state index >= 15 is 0 Å². The van der Waals surface area contributed by atoms with Crippen LogP contribution < -0.4 is 5.32 Å². The number of rotatable bonds is 7. The number of likely N-dealkylation sites (N-methyl/N-ethyl adjacent to an activating group) is 1. The van der Waals surface area contributed by atoms with E-state index in [1.807, 2.05) is 0 Å². The van der Waals surface area contributed by atoms with E-state index in [2.05, 4.69) is 35.9 Å². The predicted molar refractivity (Wildman–Crippen MR) is 91.8 cm³/mol. The summed E-state index contributed by atoms with van der Waals surface area (Å²) in [7, 11) is 0. The second-order valence-electron chi connectivity index (χ2n) is 7.08. The van der Waals surface area contributed by atoms with E-state index in [-0.39, 0.29) is 0 Å². The van der Waals surface area contributed by atoms with Gasteiger partial charge in [0, 0.05) is 38.3 Å². The second-order valence-corrected chi connectivity index (χ2v) is 7.08. The van der Waals surface area contributed by atoms with Gasteiger partial charge < -0.3 is 10.2 Å². The van der Waals surface area contributed by atoms with Crippen LogP contribution in [0.3, 0.4) is 0 Å². The van der Waals surface area contributed by atoms with Gasteiger partial charge in [0.15, 0.2) is 0 Å². The lowest BCUT2D eigenvalue weighted by Gasteiger charge is -2.46.